The molecule has 0 bridgehead atoms. The van der Waals surface area contributed by atoms with Gasteiger partial charge in [0.25, 0.3) is 0 Å². The molecular weight excluding hydrogens is 419 g/mol. The van der Waals surface area contributed by atoms with Crippen LogP contribution in [-0.4, -0.2) is 26.6 Å². The number of hydrogen-bond acceptors (Lipinski definition) is 4. The molecule has 2 aromatic heterocycles. The van der Waals surface area contributed by atoms with Gasteiger partial charge in [-0.25, -0.2) is 14.4 Å². The second kappa shape index (κ2) is 7.05. The molecule has 8 heteroatoms. The summed E-state index contributed by atoms with van der Waals surface area (Å²) in [7, 11) is 0. The van der Waals surface area contributed by atoms with Crippen molar-refractivity contribution >= 4 is 61.2 Å². The lowest BCUT2D eigenvalue weighted by molar-refractivity contribution is -0.113. The Kier molecular flexibility index (Phi) is 4.60. The number of anilines is 1. The number of carbonyl (C=O) groups excluding carboxylic acids is 1. The summed E-state index contributed by atoms with van der Waals surface area (Å²) in [5, 5.41) is 4.44. The predicted octanol–water partition coefficient (Wildman–Crippen LogP) is 4.74. The molecule has 0 fully saturated rings. The van der Waals surface area contributed by atoms with Crippen LogP contribution >= 0.6 is 27.7 Å². The summed E-state index contributed by atoms with van der Waals surface area (Å²) in [6.07, 6.45) is 1.50. The van der Waals surface area contributed by atoms with Crippen molar-refractivity contribution in [3.63, 3.8) is 0 Å². The number of nitrogens with one attached hydrogen (secondary N) is 2. The van der Waals surface area contributed by atoms with Gasteiger partial charge in [-0.05, 0) is 42.5 Å². The van der Waals surface area contributed by atoms with Gasteiger partial charge in [0.1, 0.15) is 22.7 Å². The summed E-state index contributed by atoms with van der Waals surface area (Å²) in [5.74, 6) is -0.346. The number of H-pyrrole nitrogens is 1. The quantitative estimate of drug-likeness (QED) is 0.362. The van der Waals surface area contributed by atoms with Gasteiger partial charge in [-0.3, -0.25) is 4.79 Å². The highest BCUT2D eigenvalue weighted by Gasteiger charge is 2.13. The van der Waals surface area contributed by atoms with E-state index in [1.54, 1.807) is 0 Å². The van der Waals surface area contributed by atoms with Crippen molar-refractivity contribution in [1.29, 1.82) is 0 Å². The summed E-state index contributed by atoms with van der Waals surface area (Å²) in [4.78, 5) is 24.1. The van der Waals surface area contributed by atoms with E-state index in [0.29, 0.717) is 10.7 Å². The van der Waals surface area contributed by atoms with Gasteiger partial charge in [-0.15, -0.1) is 0 Å². The maximum atomic E-state index is 12.9. The minimum Gasteiger partial charge on any atom is -0.351 e. The first-order valence-electron chi connectivity index (χ1n) is 7.70. The van der Waals surface area contributed by atoms with Gasteiger partial charge in [0, 0.05) is 21.1 Å². The fraction of sp³-hybridized carbons (Fsp3) is 0.0556. The third-order valence-corrected chi connectivity index (χ3v) is 5.26. The lowest BCUT2D eigenvalue weighted by atomic mass is 10.2. The average Bonchev–Trinajstić information content (AvgIpc) is 3.00. The fourth-order valence-corrected chi connectivity index (χ4v) is 3.73. The van der Waals surface area contributed by atoms with Crippen LogP contribution in [0.1, 0.15) is 0 Å². The third kappa shape index (κ3) is 3.42. The van der Waals surface area contributed by atoms with Crippen molar-refractivity contribution in [3.8, 4) is 0 Å². The van der Waals surface area contributed by atoms with E-state index in [2.05, 4.69) is 36.2 Å². The number of rotatable bonds is 4. The maximum absolute atomic E-state index is 12.9. The van der Waals surface area contributed by atoms with E-state index < -0.39 is 0 Å². The van der Waals surface area contributed by atoms with Gasteiger partial charge >= 0.3 is 0 Å². The Morgan fingerprint density at radius 3 is 2.81 bits per heavy atom. The van der Waals surface area contributed by atoms with E-state index in [1.807, 2.05) is 18.2 Å². The summed E-state index contributed by atoms with van der Waals surface area (Å²) in [6.45, 7) is 0. The largest absolute Gasteiger partial charge is 0.351 e. The normalized spacial score (nSPS) is 11.2. The van der Waals surface area contributed by atoms with E-state index in [9.17, 15) is 9.18 Å². The number of fused-ring (bicyclic) bond motifs is 3. The number of thioether (sulfide) groups is 1. The molecule has 26 heavy (non-hydrogen) atoms. The molecule has 0 spiro atoms. The van der Waals surface area contributed by atoms with Crippen LogP contribution in [0, 0.1) is 5.82 Å². The molecule has 1 amide bonds. The summed E-state index contributed by atoms with van der Waals surface area (Å²) in [6, 6.07) is 11.6. The Bertz CT molecular complexity index is 1110. The number of aromatic amines is 1. The highest BCUT2D eigenvalue weighted by Crippen LogP contribution is 2.31. The van der Waals surface area contributed by atoms with Crippen molar-refractivity contribution in [2.24, 2.45) is 0 Å². The smallest absolute Gasteiger partial charge is 0.234 e. The standard InChI is InChI=1S/C18H12BrFN4OS/c19-10-1-6-14-13(7-10)16-17(24-14)18(22-9-21-16)26-8-15(25)23-12-4-2-11(20)3-5-12/h1-7,9,24H,8H2,(H,23,25). The van der Waals surface area contributed by atoms with E-state index in [4.69, 9.17) is 0 Å². The summed E-state index contributed by atoms with van der Waals surface area (Å²) in [5.41, 5.74) is 3.14. The van der Waals surface area contributed by atoms with Gasteiger partial charge in [0.05, 0.1) is 11.3 Å². The van der Waals surface area contributed by atoms with Gasteiger partial charge in [0.2, 0.25) is 5.91 Å². The van der Waals surface area contributed by atoms with Crippen LogP contribution < -0.4 is 5.32 Å². The first-order valence-corrected chi connectivity index (χ1v) is 9.48. The SMILES string of the molecule is O=C(CSc1ncnc2c1[nH]c1ccc(Br)cc12)Nc1ccc(F)cc1. The second-order valence-electron chi connectivity index (χ2n) is 5.56. The molecule has 2 heterocycles. The summed E-state index contributed by atoms with van der Waals surface area (Å²) < 4.78 is 13.9. The molecule has 2 N–H and O–H groups in total. The Morgan fingerprint density at radius 2 is 2.00 bits per heavy atom. The molecule has 4 rings (SSSR count). The molecule has 0 aliphatic carbocycles. The molecule has 0 radical (unpaired) electrons. The number of nitrogens with zero attached hydrogens (tertiary/aromatic N) is 2. The lowest BCUT2D eigenvalue weighted by Crippen LogP contribution is -2.14. The highest BCUT2D eigenvalue weighted by atomic mass is 79.9. The fourth-order valence-electron chi connectivity index (χ4n) is 2.62. The molecule has 5 nitrogen and oxygen atoms in total. The van der Waals surface area contributed by atoms with E-state index in [-0.39, 0.29) is 17.5 Å². The Morgan fingerprint density at radius 1 is 1.19 bits per heavy atom. The van der Waals surface area contributed by atoms with Gasteiger partial charge in [-0.2, -0.15) is 0 Å². The topological polar surface area (TPSA) is 70.7 Å². The van der Waals surface area contributed by atoms with Gasteiger partial charge in [-0.1, -0.05) is 27.7 Å². The molecule has 0 atom stereocenters. The Balaban J connectivity index is 1.54. The predicted molar refractivity (Wildman–Crippen MR) is 105 cm³/mol. The van der Waals surface area contributed by atoms with Crippen LogP contribution in [0.25, 0.3) is 21.9 Å². The monoisotopic (exact) mass is 430 g/mol. The molecule has 2 aromatic carbocycles. The minimum atomic E-state index is -0.341. The molecule has 4 aromatic rings. The van der Waals surface area contributed by atoms with E-state index in [1.165, 1.54) is 42.4 Å². The van der Waals surface area contributed by atoms with Crippen LogP contribution in [0.2, 0.25) is 0 Å². The molecular formula is C18H12BrFN4OS. The second-order valence-corrected chi connectivity index (χ2v) is 7.44. The van der Waals surface area contributed by atoms with Crippen molar-refractivity contribution < 1.29 is 9.18 Å². The minimum absolute atomic E-state index is 0.183. The molecule has 130 valence electrons. The third-order valence-electron chi connectivity index (χ3n) is 3.78. The van der Waals surface area contributed by atoms with Crippen LogP contribution in [-0.2, 0) is 4.79 Å². The highest BCUT2D eigenvalue weighted by molar-refractivity contribution is 9.10. The zero-order valence-electron chi connectivity index (χ0n) is 13.3. The van der Waals surface area contributed by atoms with Gasteiger partial charge < -0.3 is 10.3 Å². The van der Waals surface area contributed by atoms with Crippen molar-refractivity contribution in [1.82, 2.24) is 15.0 Å². The van der Waals surface area contributed by atoms with Gasteiger partial charge in [0.15, 0.2) is 0 Å². The van der Waals surface area contributed by atoms with Crippen LogP contribution in [0.15, 0.2) is 58.3 Å². The van der Waals surface area contributed by atoms with Crippen LogP contribution in [0.4, 0.5) is 10.1 Å². The van der Waals surface area contributed by atoms with Crippen molar-refractivity contribution in [2.75, 3.05) is 11.1 Å². The lowest BCUT2D eigenvalue weighted by Gasteiger charge is -2.05. The zero-order valence-corrected chi connectivity index (χ0v) is 15.7. The number of carbonyl (C=O) groups is 1. The zero-order chi connectivity index (χ0) is 18.1. The van der Waals surface area contributed by atoms with Crippen LogP contribution in [0.3, 0.4) is 0 Å². The Hall–Kier alpha value is -2.45. The average molecular weight is 431 g/mol. The maximum Gasteiger partial charge on any atom is 0.234 e. The molecule has 0 aliphatic heterocycles. The van der Waals surface area contributed by atoms with E-state index >= 15 is 0 Å². The molecule has 0 unspecified atom stereocenters. The van der Waals surface area contributed by atoms with E-state index in [0.717, 1.165) is 26.4 Å². The Labute approximate surface area is 160 Å². The molecule has 0 aliphatic rings. The van der Waals surface area contributed by atoms with Crippen molar-refractivity contribution in [3.05, 3.63) is 59.1 Å². The molecule has 0 saturated heterocycles. The number of amides is 1. The van der Waals surface area contributed by atoms with Crippen molar-refractivity contribution in [2.45, 2.75) is 5.03 Å². The molecule has 0 saturated carbocycles. The van der Waals surface area contributed by atoms with Crippen LogP contribution in [0.5, 0.6) is 0 Å². The number of hydrogen-bond donors (Lipinski definition) is 2. The number of halogens is 2. The number of aromatic nitrogens is 3. The first-order chi connectivity index (χ1) is 12.6. The number of benzene rings is 2. The first kappa shape index (κ1) is 17.0. The summed E-state index contributed by atoms with van der Waals surface area (Å²) >= 11 is 4.79.